The first kappa shape index (κ1) is 19.2. The summed E-state index contributed by atoms with van der Waals surface area (Å²) in [5.41, 5.74) is 2.44. The minimum absolute atomic E-state index is 0.0154. The van der Waals surface area contributed by atoms with E-state index in [9.17, 15) is 21.6 Å². The fraction of sp³-hybridized carbons (Fsp3) is 0.529. The van der Waals surface area contributed by atoms with Crippen molar-refractivity contribution in [1.29, 1.82) is 0 Å². The van der Waals surface area contributed by atoms with Crippen molar-refractivity contribution in [2.75, 3.05) is 5.75 Å². The van der Waals surface area contributed by atoms with Gasteiger partial charge in [-0.15, -0.1) is 0 Å². The molecule has 0 saturated heterocycles. The van der Waals surface area contributed by atoms with E-state index in [1.807, 2.05) is 17.4 Å². The van der Waals surface area contributed by atoms with Crippen LogP contribution in [0.1, 0.15) is 37.9 Å². The number of hydrogen-bond donors (Lipinski definition) is 2. The Bertz CT molecular complexity index is 1110. The number of hydrogen-bond acceptors (Lipinski definition) is 4. The number of aromatic nitrogens is 4. The zero-order chi connectivity index (χ0) is 20.1. The molecule has 3 aromatic heterocycles. The van der Waals surface area contributed by atoms with Crippen LogP contribution in [-0.4, -0.2) is 45.7 Å². The maximum Gasteiger partial charge on any atom is 0.390 e. The Kier molecular flexibility index (Phi) is 4.61. The highest BCUT2D eigenvalue weighted by Gasteiger charge is 2.38. The van der Waals surface area contributed by atoms with E-state index < -0.39 is 34.4 Å². The summed E-state index contributed by atoms with van der Waals surface area (Å²) in [6, 6.07) is 1.49. The third-order valence-corrected chi connectivity index (χ3v) is 6.73. The summed E-state index contributed by atoms with van der Waals surface area (Å²) in [5.74, 6) is -0.0264. The standard InChI is InChI=1S/C17H20F3N5O2S/c1-10-6-11(24-28(26,27)5-3-17(18,19)20)7-13(10)16-23-9-12-8-22-15-14(25(12)16)2-4-21-15/h2,4,8-11,13,21,24H,3,5-7H2,1H3/t10-,11+,13+/m1/s1. The summed E-state index contributed by atoms with van der Waals surface area (Å²) in [7, 11) is -3.99. The molecule has 1 saturated carbocycles. The second kappa shape index (κ2) is 6.73. The number of nitrogens with one attached hydrogen (secondary N) is 2. The summed E-state index contributed by atoms with van der Waals surface area (Å²) in [5, 5.41) is 0. The molecule has 152 valence electrons. The van der Waals surface area contributed by atoms with E-state index in [4.69, 9.17) is 0 Å². The van der Waals surface area contributed by atoms with Crippen LogP contribution >= 0.6 is 0 Å². The highest BCUT2D eigenvalue weighted by Crippen LogP contribution is 2.40. The summed E-state index contributed by atoms with van der Waals surface area (Å²) in [6.07, 6.45) is 0.416. The molecule has 0 amide bonds. The van der Waals surface area contributed by atoms with Crippen LogP contribution in [-0.2, 0) is 10.0 Å². The Balaban J connectivity index is 1.55. The molecule has 28 heavy (non-hydrogen) atoms. The molecular formula is C17H20F3N5O2S. The number of imidazole rings is 1. The highest BCUT2D eigenvalue weighted by atomic mass is 32.2. The van der Waals surface area contributed by atoms with Crippen molar-refractivity contribution in [1.82, 2.24) is 24.1 Å². The Morgan fingerprint density at radius 1 is 1.29 bits per heavy atom. The van der Waals surface area contributed by atoms with E-state index in [0.29, 0.717) is 12.8 Å². The van der Waals surface area contributed by atoms with E-state index in [2.05, 4.69) is 19.7 Å². The van der Waals surface area contributed by atoms with Crippen molar-refractivity contribution in [2.45, 2.75) is 44.3 Å². The Labute approximate surface area is 159 Å². The molecule has 1 aliphatic carbocycles. The van der Waals surface area contributed by atoms with Crippen molar-refractivity contribution in [2.24, 2.45) is 5.92 Å². The van der Waals surface area contributed by atoms with Gasteiger partial charge in [-0.05, 0) is 24.8 Å². The average molecular weight is 415 g/mol. The fourth-order valence-corrected chi connectivity index (χ4v) is 5.35. The highest BCUT2D eigenvalue weighted by molar-refractivity contribution is 7.89. The maximum atomic E-state index is 12.3. The van der Waals surface area contributed by atoms with Gasteiger partial charge < -0.3 is 4.98 Å². The third-order valence-electron chi connectivity index (χ3n) is 5.30. The molecule has 1 aliphatic rings. The smallest absolute Gasteiger partial charge is 0.345 e. The van der Waals surface area contributed by atoms with Gasteiger partial charge in [-0.1, -0.05) is 6.92 Å². The van der Waals surface area contributed by atoms with Crippen molar-refractivity contribution in [3.63, 3.8) is 0 Å². The SMILES string of the molecule is C[C@@H]1C[C@H](NS(=O)(=O)CCC(F)(F)F)C[C@@H]1c1ncc2cnc3[nH]ccc3n12. The zero-order valence-electron chi connectivity index (χ0n) is 15.1. The van der Waals surface area contributed by atoms with Crippen LogP contribution in [0.2, 0.25) is 0 Å². The number of aromatic amines is 1. The topological polar surface area (TPSA) is 92.2 Å². The first-order chi connectivity index (χ1) is 13.1. The lowest BCUT2D eigenvalue weighted by atomic mass is 9.97. The van der Waals surface area contributed by atoms with Gasteiger partial charge in [0.1, 0.15) is 5.82 Å². The molecule has 0 aliphatic heterocycles. The molecule has 0 radical (unpaired) electrons. The summed E-state index contributed by atoms with van der Waals surface area (Å²) >= 11 is 0. The Morgan fingerprint density at radius 3 is 2.79 bits per heavy atom. The van der Waals surface area contributed by atoms with Crippen LogP contribution in [0.3, 0.4) is 0 Å². The van der Waals surface area contributed by atoms with Gasteiger partial charge in [0, 0.05) is 18.2 Å². The molecule has 7 nitrogen and oxygen atoms in total. The molecule has 1 fully saturated rings. The van der Waals surface area contributed by atoms with Crippen molar-refractivity contribution in [3.05, 3.63) is 30.5 Å². The summed E-state index contributed by atoms with van der Waals surface area (Å²) in [4.78, 5) is 11.9. The van der Waals surface area contributed by atoms with E-state index in [0.717, 1.165) is 22.5 Å². The Morgan fingerprint density at radius 2 is 2.04 bits per heavy atom. The normalized spacial score (nSPS) is 23.8. The van der Waals surface area contributed by atoms with Crippen LogP contribution in [0.5, 0.6) is 0 Å². The van der Waals surface area contributed by atoms with Gasteiger partial charge in [0.15, 0.2) is 5.65 Å². The van der Waals surface area contributed by atoms with Crippen LogP contribution in [0, 0.1) is 5.92 Å². The zero-order valence-corrected chi connectivity index (χ0v) is 15.9. The molecule has 0 unspecified atom stereocenters. The van der Waals surface area contributed by atoms with Crippen molar-refractivity contribution >= 4 is 26.7 Å². The molecule has 2 N–H and O–H groups in total. The van der Waals surface area contributed by atoms with Crippen molar-refractivity contribution in [3.8, 4) is 0 Å². The van der Waals surface area contributed by atoms with Crippen molar-refractivity contribution < 1.29 is 21.6 Å². The quantitative estimate of drug-likeness (QED) is 0.670. The number of alkyl halides is 3. The van der Waals surface area contributed by atoms with Gasteiger partial charge in [-0.3, -0.25) is 4.40 Å². The lowest BCUT2D eigenvalue weighted by Gasteiger charge is -2.15. The molecule has 11 heteroatoms. The number of fused-ring (bicyclic) bond motifs is 3. The maximum absolute atomic E-state index is 12.3. The van der Waals surface area contributed by atoms with E-state index in [1.54, 1.807) is 18.6 Å². The Hall–Kier alpha value is -2.14. The van der Waals surface area contributed by atoms with Crippen LogP contribution in [0.25, 0.3) is 16.7 Å². The molecule has 3 aromatic rings. The molecule has 4 rings (SSSR count). The number of rotatable bonds is 5. The fourth-order valence-electron chi connectivity index (χ4n) is 4.03. The lowest BCUT2D eigenvalue weighted by Crippen LogP contribution is -2.36. The van der Waals surface area contributed by atoms with Gasteiger partial charge in [0.05, 0.1) is 35.6 Å². The number of nitrogens with zero attached hydrogens (tertiary/aromatic N) is 3. The largest absolute Gasteiger partial charge is 0.390 e. The first-order valence-electron chi connectivity index (χ1n) is 8.99. The second-order valence-corrected chi connectivity index (χ2v) is 9.27. The molecule has 0 bridgehead atoms. The van der Waals surface area contributed by atoms with E-state index >= 15 is 0 Å². The molecular weight excluding hydrogens is 395 g/mol. The predicted molar refractivity (Wildman–Crippen MR) is 97.4 cm³/mol. The van der Waals surface area contributed by atoms with Crippen LogP contribution in [0.4, 0.5) is 13.2 Å². The molecule has 0 aromatic carbocycles. The van der Waals surface area contributed by atoms with Gasteiger partial charge in [0.25, 0.3) is 0 Å². The van der Waals surface area contributed by atoms with Gasteiger partial charge >= 0.3 is 6.18 Å². The van der Waals surface area contributed by atoms with Gasteiger partial charge in [-0.25, -0.2) is 23.1 Å². The minimum Gasteiger partial charge on any atom is -0.345 e. The minimum atomic E-state index is -4.50. The molecule has 3 atom stereocenters. The summed E-state index contributed by atoms with van der Waals surface area (Å²) < 4.78 is 65.6. The van der Waals surface area contributed by atoms with Gasteiger partial charge in [-0.2, -0.15) is 13.2 Å². The summed E-state index contributed by atoms with van der Waals surface area (Å²) in [6.45, 7) is 2.01. The number of H-pyrrole nitrogens is 1. The van der Waals surface area contributed by atoms with Crippen LogP contribution in [0.15, 0.2) is 24.7 Å². The third kappa shape index (κ3) is 3.72. The number of halogens is 3. The predicted octanol–water partition coefficient (Wildman–Crippen LogP) is 2.96. The molecule has 0 spiro atoms. The van der Waals surface area contributed by atoms with E-state index in [-0.39, 0.29) is 11.8 Å². The first-order valence-corrected chi connectivity index (χ1v) is 10.6. The van der Waals surface area contributed by atoms with E-state index in [1.165, 1.54) is 0 Å². The average Bonchev–Trinajstić information content (AvgIpc) is 3.29. The molecule has 3 heterocycles. The lowest BCUT2D eigenvalue weighted by molar-refractivity contribution is -0.130. The monoisotopic (exact) mass is 415 g/mol. The second-order valence-electron chi connectivity index (χ2n) is 7.40. The number of sulfonamides is 1. The van der Waals surface area contributed by atoms with Gasteiger partial charge in [0.2, 0.25) is 10.0 Å². The van der Waals surface area contributed by atoms with Crippen LogP contribution < -0.4 is 4.72 Å².